The number of carbonyl (C=O) groups is 1. The van der Waals surface area contributed by atoms with Gasteiger partial charge in [0.25, 0.3) is 0 Å². The molecule has 4 heteroatoms. The van der Waals surface area contributed by atoms with Crippen LogP contribution in [-0.4, -0.2) is 37.0 Å². The molecule has 40 heavy (non-hydrogen) atoms. The lowest BCUT2D eigenvalue weighted by molar-refractivity contribution is -0.142. The SMILES string of the molecule is C=C(C)C(=O)OCC(CO)CCO[C@H]1CC[C@@]2(C)[C@@H](CC[C@@H]3[C@@H]2CC[C@]2(C)[C@@H]([C@H](C)CCCC(C)C)CC[C@@H]32)C1. The highest BCUT2D eigenvalue weighted by atomic mass is 16.5. The van der Waals surface area contributed by atoms with Crippen molar-refractivity contribution < 1.29 is 19.4 Å². The van der Waals surface area contributed by atoms with Crippen LogP contribution in [0.3, 0.4) is 0 Å². The monoisotopic (exact) mass is 558 g/mol. The Kier molecular flexibility index (Phi) is 10.9. The highest BCUT2D eigenvalue weighted by Crippen LogP contribution is 2.68. The average molecular weight is 559 g/mol. The van der Waals surface area contributed by atoms with E-state index in [1.165, 1.54) is 77.0 Å². The number of aliphatic hydroxyl groups is 1. The molecular formula is C36H62O4. The molecule has 0 aromatic rings. The molecule has 4 aliphatic rings. The van der Waals surface area contributed by atoms with E-state index in [0.717, 1.165) is 47.8 Å². The molecule has 4 nitrogen and oxygen atoms in total. The second kappa shape index (κ2) is 13.6. The highest BCUT2D eigenvalue weighted by molar-refractivity contribution is 5.86. The summed E-state index contributed by atoms with van der Waals surface area (Å²) in [5.41, 5.74) is 1.45. The number of hydrogen-bond acceptors (Lipinski definition) is 4. The van der Waals surface area contributed by atoms with Crippen LogP contribution in [0.4, 0.5) is 0 Å². The lowest BCUT2D eigenvalue weighted by Gasteiger charge is -2.61. The molecule has 0 bridgehead atoms. The molecule has 0 radical (unpaired) electrons. The molecule has 0 aromatic carbocycles. The van der Waals surface area contributed by atoms with Crippen LogP contribution in [0.5, 0.6) is 0 Å². The lowest BCUT2D eigenvalue weighted by Crippen LogP contribution is -2.54. The molecular weight excluding hydrogens is 496 g/mol. The van der Waals surface area contributed by atoms with Crippen LogP contribution >= 0.6 is 0 Å². The summed E-state index contributed by atoms with van der Waals surface area (Å²) in [6.07, 6.45) is 17.7. The number of esters is 1. The summed E-state index contributed by atoms with van der Waals surface area (Å²) in [5.74, 6) is 5.78. The fourth-order valence-electron chi connectivity index (χ4n) is 10.3. The van der Waals surface area contributed by atoms with Crippen molar-refractivity contribution in [1.82, 2.24) is 0 Å². The highest BCUT2D eigenvalue weighted by Gasteiger charge is 2.60. The summed E-state index contributed by atoms with van der Waals surface area (Å²) >= 11 is 0. The van der Waals surface area contributed by atoms with Crippen LogP contribution in [0.15, 0.2) is 12.2 Å². The zero-order valence-corrected chi connectivity index (χ0v) is 26.9. The summed E-state index contributed by atoms with van der Waals surface area (Å²) in [6.45, 7) is 18.9. The standard InChI is InChI=1S/C36H62O4/c1-24(2)9-8-10-26(5)31-13-14-32-30-12-11-28-21-29(15-18-35(28,6)33(30)16-19-36(31,32)7)39-20-17-27(22-37)23-40-34(38)25(3)4/h24,26-33,37H,3,8-23H2,1-2,4-7H3/t26-,27?,28+,29+,30+,31-,32+,33+,35+,36-/m1/s1. The number of hydrogen-bond donors (Lipinski definition) is 1. The number of ether oxygens (including phenoxy) is 2. The normalized spacial score (nSPS) is 38.7. The summed E-state index contributed by atoms with van der Waals surface area (Å²) in [4.78, 5) is 11.7. The van der Waals surface area contributed by atoms with E-state index < -0.39 is 0 Å². The van der Waals surface area contributed by atoms with Gasteiger partial charge in [-0.2, -0.15) is 0 Å². The van der Waals surface area contributed by atoms with E-state index in [-0.39, 0.29) is 25.1 Å². The van der Waals surface area contributed by atoms with E-state index in [1.807, 2.05) is 0 Å². The van der Waals surface area contributed by atoms with Crippen molar-refractivity contribution in [1.29, 1.82) is 0 Å². The molecule has 0 aromatic heterocycles. The van der Waals surface area contributed by atoms with Crippen molar-refractivity contribution in [3.05, 3.63) is 12.2 Å². The van der Waals surface area contributed by atoms with E-state index in [2.05, 4.69) is 41.2 Å². The third-order valence-corrected chi connectivity index (χ3v) is 12.8. The number of fused-ring (bicyclic) bond motifs is 5. The molecule has 4 rings (SSSR count). The molecule has 4 aliphatic carbocycles. The number of aliphatic hydroxyl groups excluding tert-OH is 1. The molecule has 230 valence electrons. The van der Waals surface area contributed by atoms with Gasteiger partial charge in [-0.25, -0.2) is 4.79 Å². The number of rotatable bonds is 13. The Labute approximate surface area is 246 Å². The molecule has 1 unspecified atom stereocenters. The summed E-state index contributed by atoms with van der Waals surface area (Å²) in [7, 11) is 0. The van der Waals surface area contributed by atoms with Gasteiger partial charge in [0.15, 0.2) is 0 Å². The zero-order valence-electron chi connectivity index (χ0n) is 26.9. The Morgan fingerprint density at radius 3 is 2.38 bits per heavy atom. The lowest BCUT2D eigenvalue weighted by atomic mass is 9.44. The quantitative estimate of drug-likeness (QED) is 0.182. The van der Waals surface area contributed by atoms with Gasteiger partial charge in [0, 0.05) is 24.7 Å². The van der Waals surface area contributed by atoms with Crippen molar-refractivity contribution in [3.63, 3.8) is 0 Å². The van der Waals surface area contributed by atoms with Gasteiger partial charge in [0.05, 0.1) is 12.7 Å². The summed E-state index contributed by atoms with van der Waals surface area (Å²) in [5, 5.41) is 9.73. The topological polar surface area (TPSA) is 55.8 Å². The smallest absolute Gasteiger partial charge is 0.333 e. The van der Waals surface area contributed by atoms with Crippen LogP contribution in [0.1, 0.15) is 125 Å². The Balaban J connectivity index is 1.28. The molecule has 10 atom stereocenters. The van der Waals surface area contributed by atoms with Crippen molar-refractivity contribution in [3.8, 4) is 0 Å². The predicted octanol–water partition coefficient (Wildman–Crippen LogP) is 8.61. The van der Waals surface area contributed by atoms with Crippen LogP contribution in [0, 0.1) is 58.2 Å². The first-order valence-electron chi connectivity index (χ1n) is 17.0. The van der Waals surface area contributed by atoms with Gasteiger partial charge < -0.3 is 14.6 Å². The second-order valence-corrected chi connectivity index (χ2v) is 15.7. The first kappa shape index (κ1) is 32.1. The Hall–Kier alpha value is -0.870. The summed E-state index contributed by atoms with van der Waals surface area (Å²) in [6, 6.07) is 0. The fraction of sp³-hybridized carbons (Fsp3) is 0.917. The molecule has 0 amide bonds. The summed E-state index contributed by atoms with van der Waals surface area (Å²) < 4.78 is 11.7. The second-order valence-electron chi connectivity index (χ2n) is 15.7. The van der Waals surface area contributed by atoms with E-state index in [1.54, 1.807) is 6.92 Å². The van der Waals surface area contributed by atoms with Gasteiger partial charge in [0.2, 0.25) is 0 Å². The first-order valence-corrected chi connectivity index (χ1v) is 17.0. The minimum absolute atomic E-state index is 0.0128. The van der Waals surface area contributed by atoms with Crippen molar-refractivity contribution in [2.75, 3.05) is 19.8 Å². The minimum atomic E-state index is -0.381. The third-order valence-electron chi connectivity index (χ3n) is 12.8. The fourth-order valence-corrected chi connectivity index (χ4v) is 10.3. The van der Waals surface area contributed by atoms with E-state index in [0.29, 0.717) is 29.1 Å². The van der Waals surface area contributed by atoms with Crippen LogP contribution in [-0.2, 0) is 14.3 Å². The maximum atomic E-state index is 11.7. The van der Waals surface area contributed by atoms with Gasteiger partial charge in [-0.05, 0) is 123 Å². The Morgan fingerprint density at radius 2 is 1.68 bits per heavy atom. The molecule has 4 saturated carbocycles. The predicted molar refractivity (Wildman–Crippen MR) is 164 cm³/mol. The zero-order chi connectivity index (χ0) is 29.1. The van der Waals surface area contributed by atoms with Crippen molar-refractivity contribution in [2.24, 2.45) is 58.2 Å². The Bertz CT molecular complexity index is 852. The molecule has 0 saturated heterocycles. The van der Waals surface area contributed by atoms with Crippen LogP contribution in [0.25, 0.3) is 0 Å². The molecule has 0 heterocycles. The van der Waals surface area contributed by atoms with E-state index in [9.17, 15) is 9.90 Å². The van der Waals surface area contributed by atoms with Gasteiger partial charge in [-0.15, -0.1) is 0 Å². The van der Waals surface area contributed by atoms with Gasteiger partial charge in [-0.3, -0.25) is 0 Å². The van der Waals surface area contributed by atoms with Crippen molar-refractivity contribution in [2.45, 2.75) is 131 Å². The van der Waals surface area contributed by atoms with Gasteiger partial charge in [-0.1, -0.05) is 60.5 Å². The molecule has 4 fully saturated rings. The average Bonchev–Trinajstić information content (AvgIpc) is 3.27. The van der Waals surface area contributed by atoms with Gasteiger partial charge in [0.1, 0.15) is 0 Å². The number of carbonyl (C=O) groups excluding carboxylic acids is 1. The Morgan fingerprint density at radius 1 is 0.950 bits per heavy atom. The largest absolute Gasteiger partial charge is 0.462 e. The van der Waals surface area contributed by atoms with E-state index in [4.69, 9.17) is 9.47 Å². The maximum absolute atomic E-state index is 11.7. The third kappa shape index (κ3) is 6.85. The molecule has 0 aliphatic heterocycles. The first-order chi connectivity index (χ1) is 19.0. The van der Waals surface area contributed by atoms with Crippen molar-refractivity contribution >= 4 is 5.97 Å². The van der Waals surface area contributed by atoms with Crippen LogP contribution < -0.4 is 0 Å². The van der Waals surface area contributed by atoms with Crippen LogP contribution in [0.2, 0.25) is 0 Å². The van der Waals surface area contributed by atoms with E-state index >= 15 is 0 Å². The van der Waals surface area contributed by atoms with Gasteiger partial charge >= 0.3 is 5.97 Å². The minimum Gasteiger partial charge on any atom is -0.462 e. The molecule has 0 spiro atoms. The molecule has 1 N–H and O–H groups in total. The maximum Gasteiger partial charge on any atom is 0.333 e.